The van der Waals surface area contributed by atoms with Gasteiger partial charge in [-0.15, -0.1) is 0 Å². The van der Waals surface area contributed by atoms with Crippen molar-refractivity contribution < 1.29 is 14.3 Å². The summed E-state index contributed by atoms with van der Waals surface area (Å²) >= 11 is 0. The van der Waals surface area contributed by atoms with Gasteiger partial charge in [0.25, 0.3) is 0 Å². The molecule has 0 saturated carbocycles. The largest absolute Gasteiger partial charge is 0.444 e. The van der Waals surface area contributed by atoms with Crippen LogP contribution in [-0.2, 0) is 22.5 Å². The Labute approximate surface area is 221 Å². The lowest BCUT2D eigenvalue weighted by atomic mass is 10.0. The summed E-state index contributed by atoms with van der Waals surface area (Å²) in [5, 5.41) is 2.84. The predicted octanol–water partition coefficient (Wildman–Crippen LogP) is 6.24. The number of benzene rings is 2. The number of alkyl carbamates (subject to hydrolysis) is 1. The third-order valence-electron chi connectivity index (χ3n) is 5.97. The number of nitrogens with one attached hydrogen (secondary N) is 1. The molecule has 2 aromatic rings. The highest BCUT2D eigenvalue weighted by Crippen LogP contribution is 2.19. The zero-order valence-corrected chi connectivity index (χ0v) is 22.9. The van der Waals surface area contributed by atoms with E-state index in [-0.39, 0.29) is 5.91 Å². The number of nitrogens with zero attached hydrogens (tertiary/aromatic N) is 2. The van der Waals surface area contributed by atoms with Crippen LogP contribution in [0.5, 0.6) is 0 Å². The maximum absolute atomic E-state index is 14.1. The van der Waals surface area contributed by atoms with E-state index in [1.807, 2.05) is 56.3 Å². The lowest BCUT2D eigenvalue weighted by molar-refractivity contribution is -0.133. The lowest BCUT2D eigenvalue weighted by Crippen LogP contribution is -2.51. The molecule has 0 aliphatic carbocycles. The topological polar surface area (TPSA) is 71.0 Å². The van der Waals surface area contributed by atoms with E-state index >= 15 is 0 Å². The van der Waals surface area contributed by atoms with Crippen LogP contribution in [0.3, 0.4) is 0 Å². The van der Waals surface area contributed by atoms with Crippen molar-refractivity contribution in [1.82, 2.24) is 10.2 Å². The number of ether oxygens (including phenoxy) is 1. The van der Waals surface area contributed by atoms with E-state index in [4.69, 9.17) is 4.74 Å². The molecule has 1 atom stereocenters. The van der Waals surface area contributed by atoms with Crippen molar-refractivity contribution in [2.75, 3.05) is 6.54 Å². The van der Waals surface area contributed by atoms with Gasteiger partial charge in [-0.3, -0.25) is 9.79 Å². The number of allylic oxidation sites excluding steroid dienone is 2. The highest BCUT2D eigenvalue weighted by molar-refractivity contribution is 5.88. The van der Waals surface area contributed by atoms with Gasteiger partial charge in [0.2, 0.25) is 5.91 Å². The number of hydrogen-bond acceptors (Lipinski definition) is 4. The summed E-state index contributed by atoms with van der Waals surface area (Å²) in [4.78, 5) is 33.2. The van der Waals surface area contributed by atoms with Gasteiger partial charge in [-0.1, -0.05) is 60.7 Å². The molecule has 0 radical (unpaired) electrons. The van der Waals surface area contributed by atoms with Gasteiger partial charge in [-0.25, -0.2) is 4.79 Å². The van der Waals surface area contributed by atoms with Crippen molar-refractivity contribution in [2.24, 2.45) is 4.99 Å². The van der Waals surface area contributed by atoms with Gasteiger partial charge < -0.3 is 15.0 Å². The van der Waals surface area contributed by atoms with Crippen LogP contribution in [0.1, 0.15) is 63.3 Å². The Kier molecular flexibility index (Phi) is 9.45. The Hall–Kier alpha value is -3.67. The first-order chi connectivity index (χ1) is 17.5. The number of carbonyl (C=O) groups excluding carboxylic acids is 2. The average molecular weight is 502 g/mol. The molecule has 37 heavy (non-hydrogen) atoms. The Balaban J connectivity index is 1.92. The minimum Gasteiger partial charge on any atom is -0.444 e. The number of amides is 2. The fraction of sp³-hybridized carbons (Fsp3) is 0.387. The molecule has 1 aliphatic rings. The fourth-order valence-electron chi connectivity index (χ4n) is 4.20. The van der Waals surface area contributed by atoms with Gasteiger partial charge in [-0.05, 0) is 69.9 Å². The molecule has 0 spiro atoms. The number of carbonyl (C=O) groups is 2. The van der Waals surface area contributed by atoms with Crippen molar-refractivity contribution in [2.45, 2.75) is 72.6 Å². The second-order valence-corrected chi connectivity index (χ2v) is 10.5. The summed E-state index contributed by atoms with van der Waals surface area (Å²) in [7, 11) is 0. The maximum Gasteiger partial charge on any atom is 0.408 e. The van der Waals surface area contributed by atoms with Gasteiger partial charge >= 0.3 is 6.09 Å². The smallest absolute Gasteiger partial charge is 0.408 e. The molecular formula is C31H39N3O3. The Morgan fingerprint density at radius 1 is 1.08 bits per heavy atom. The first-order valence-electron chi connectivity index (χ1n) is 12.8. The maximum atomic E-state index is 14.1. The second kappa shape index (κ2) is 12.5. The minimum atomic E-state index is -0.787. The van der Waals surface area contributed by atoms with Gasteiger partial charge in [0.05, 0.1) is 12.2 Å². The summed E-state index contributed by atoms with van der Waals surface area (Å²) in [5.41, 5.74) is 5.48. The monoisotopic (exact) mass is 501 g/mol. The highest BCUT2D eigenvalue weighted by atomic mass is 16.6. The molecule has 2 amide bonds. The molecule has 2 aromatic carbocycles. The second-order valence-electron chi connectivity index (χ2n) is 10.5. The summed E-state index contributed by atoms with van der Waals surface area (Å²) in [6, 6.07) is 15.1. The van der Waals surface area contributed by atoms with Crippen LogP contribution in [0.25, 0.3) is 6.08 Å². The predicted molar refractivity (Wildman–Crippen MR) is 150 cm³/mol. The number of rotatable bonds is 9. The molecule has 1 aliphatic heterocycles. The SMILES string of the molecule is C/C=C\c1cc(CN(CC2=CCC(C)=N2)C(=O)C(Cc2ccccc2)NC(=O)OC(C)(C)C)ccc1C. The standard InChI is InChI=1S/C31H39N3O3/c1-7-11-26-18-25(16-14-22(26)2)20-34(21-27-17-15-23(3)32-27)29(35)28(19-24-12-9-8-10-13-24)33-30(36)37-31(4,5)6/h7-14,16-18,28H,15,19-21H2,1-6H3,(H,33,36)/b11-7-. The van der Waals surface area contributed by atoms with Gasteiger partial charge in [0, 0.05) is 25.1 Å². The van der Waals surface area contributed by atoms with Gasteiger partial charge in [0.15, 0.2) is 0 Å². The molecule has 1 heterocycles. The van der Waals surface area contributed by atoms with Gasteiger partial charge in [-0.2, -0.15) is 0 Å². The molecule has 0 fully saturated rings. The summed E-state index contributed by atoms with van der Waals surface area (Å²) in [6.45, 7) is 12.2. The lowest BCUT2D eigenvalue weighted by Gasteiger charge is -2.29. The molecule has 6 nitrogen and oxygen atoms in total. The molecule has 196 valence electrons. The fourth-order valence-corrected chi connectivity index (χ4v) is 4.20. The summed E-state index contributed by atoms with van der Waals surface area (Å²) < 4.78 is 5.50. The molecule has 0 aromatic heterocycles. The van der Waals surface area contributed by atoms with Crippen LogP contribution in [0.15, 0.2) is 71.4 Å². The van der Waals surface area contributed by atoms with Crippen LogP contribution in [0.4, 0.5) is 4.79 Å². The van der Waals surface area contributed by atoms with E-state index in [1.165, 1.54) is 5.56 Å². The van der Waals surface area contributed by atoms with Crippen LogP contribution < -0.4 is 5.32 Å². The van der Waals surface area contributed by atoms with Crippen molar-refractivity contribution in [1.29, 1.82) is 0 Å². The Morgan fingerprint density at radius 2 is 1.81 bits per heavy atom. The molecule has 6 heteroatoms. The molecule has 1 N–H and O–H groups in total. The average Bonchev–Trinajstić information content (AvgIpc) is 3.24. The summed E-state index contributed by atoms with van der Waals surface area (Å²) in [5.74, 6) is -0.177. The third kappa shape index (κ3) is 8.74. The molecule has 0 bridgehead atoms. The molecular weight excluding hydrogens is 462 g/mol. The zero-order chi connectivity index (χ0) is 27.0. The quantitative estimate of drug-likeness (QED) is 0.442. The van der Waals surface area contributed by atoms with E-state index < -0.39 is 17.7 Å². The van der Waals surface area contributed by atoms with E-state index in [9.17, 15) is 9.59 Å². The number of aliphatic imine (C=N–C) groups is 1. The van der Waals surface area contributed by atoms with Crippen molar-refractivity contribution in [3.8, 4) is 0 Å². The zero-order valence-electron chi connectivity index (χ0n) is 22.9. The Bertz CT molecular complexity index is 1190. The van der Waals surface area contributed by atoms with Gasteiger partial charge in [0.1, 0.15) is 11.6 Å². The van der Waals surface area contributed by atoms with E-state index in [1.54, 1.807) is 25.7 Å². The van der Waals surface area contributed by atoms with Crippen molar-refractivity contribution in [3.63, 3.8) is 0 Å². The van der Waals surface area contributed by atoms with Crippen LogP contribution in [-0.4, -0.2) is 40.8 Å². The van der Waals surface area contributed by atoms with Crippen molar-refractivity contribution >= 4 is 23.8 Å². The molecule has 3 rings (SSSR count). The highest BCUT2D eigenvalue weighted by Gasteiger charge is 2.29. The van der Waals surface area contributed by atoms with Crippen LogP contribution in [0.2, 0.25) is 0 Å². The minimum absolute atomic E-state index is 0.177. The van der Waals surface area contributed by atoms with Crippen LogP contribution in [0, 0.1) is 6.92 Å². The summed E-state index contributed by atoms with van der Waals surface area (Å²) in [6.07, 6.45) is 6.67. The normalized spacial score (nSPS) is 14.2. The first-order valence-corrected chi connectivity index (χ1v) is 12.8. The van der Waals surface area contributed by atoms with Crippen LogP contribution >= 0.6 is 0 Å². The van der Waals surface area contributed by atoms with E-state index in [0.717, 1.165) is 34.5 Å². The van der Waals surface area contributed by atoms with E-state index in [2.05, 4.69) is 41.5 Å². The third-order valence-corrected chi connectivity index (χ3v) is 5.97. The molecule has 1 unspecified atom stereocenters. The first kappa shape index (κ1) is 27.9. The number of hydrogen-bond donors (Lipinski definition) is 1. The molecule has 0 saturated heterocycles. The van der Waals surface area contributed by atoms with Crippen molar-refractivity contribution in [3.05, 3.63) is 88.6 Å². The Morgan fingerprint density at radius 3 is 2.43 bits per heavy atom. The number of aryl methyl sites for hydroxylation is 1. The van der Waals surface area contributed by atoms with E-state index in [0.29, 0.717) is 19.5 Å².